The molecular weight excluding hydrogens is 302 g/mol. The number of hydrogen-bond donors (Lipinski definition) is 1. The number of nitrogens with one attached hydrogen (secondary N) is 1. The molecule has 0 bridgehead atoms. The van der Waals surface area contributed by atoms with Crippen molar-refractivity contribution in [3.05, 3.63) is 30.1 Å². The van der Waals surface area contributed by atoms with Gasteiger partial charge < -0.3 is 5.32 Å². The van der Waals surface area contributed by atoms with E-state index < -0.39 is 0 Å². The summed E-state index contributed by atoms with van der Waals surface area (Å²) in [5, 5.41) is 3.50. The minimum Gasteiger partial charge on any atom is -0.366 e. The van der Waals surface area contributed by atoms with Crippen LogP contribution < -0.4 is 5.32 Å². The van der Waals surface area contributed by atoms with Crippen LogP contribution in [0.25, 0.3) is 0 Å². The Balaban J connectivity index is 2.62. The highest BCUT2D eigenvalue weighted by Crippen LogP contribution is 2.23. The first-order valence-electron chi connectivity index (χ1n) is 9.01. The summed E-state index contributed by atoms with van der Waals surface area (Å²) in [5.41, 5.74) is 1.06. The van der Waals surface area contributed by atoms with Gasteiger partial charge >= 0.3 is 0 Å². The SMILES string of the molecule is CCCCN(CCCC)CNC(=S)C(c1ccccn1)C(C)C. The van der Waals surface area contributed by atoms with Crippen molar-refractivity contribution in [2.45, 2.75) is 59.3 Å². The van der Waals surface area contributed by atoms with Crippen molar-refractivity contribution >= 4 is 17.2 Å². The quantitative estimate of drug-likeness (QED) is 0.472. The average Bonchev–Trinajstić information content (AvgIpc) is 2.55. The predicted octanol–water partition coefficient (Wildman–Crippen LogP) is 4.60. The summed E-state index contributed by atoms with van der Waals surface area (Å²) in [5.74, 6) is 0.620. The van der Waals surface area contributed by atoms with E-state index in [1.807, 2.05) is 18.3 Å². The summed E-state index contributed by atoms with van der Waals surface area (Å²) in [7, 11) is 0. The Morgan fingerprint density at radius 2 is 1.83 bits per heavy atom. The van der Waals surface area contributed by atoms with Crippen LogP contribution in [-0.4, -0.2) is 34.6 Å². The fraction of sp³-hybridized carbons (Fsp3) is 0.684. The van der Waals surface area contributed by atoms with E-state index in [2.05, 4.69) is 49.0 Å². The molecule has 3 nitrogen and oxygen atoms in total. The maximum absolute atomic E-state index is 5.70. The topological polar surface area (TPSA) is 28.2 Å². The number of hydrogen-bond acceptors (Lipinski definition) is 3. The fourth-order valence-electron chi connectivity index (χ4n) is 2.67. The standard InChI is InChI=1S/C19H33N3S/c1-5-7-13-22(14-8-6-2)15-21-19(23)18(16(3)4)17-11-9-10-12-20-17/h9-12,16,18H,5-8,13-15H2,1-4H3,(H,21,23). The molecule has 0 spiro atoms. The Bertz CT molecular complexity index is 426. The Morgan fingerprint density at radius 3 is 2.30 bits per heavy atom. The van der Waals surface area contributed by atoms with Crippen LogP contribution in [0, 0.1) is 5.92 Å². The van der Waals surface area contributed by atoms with E-state index in [1.54, 1.807) is 0 Å². The van der Waals surface area contributed by atoms with Crippen molar-refractivity contribution in [3.8, 4) is 0 Å². The third-order valence-electron chi connectivity index (χ3n) is 4.09. The van der Waals surface area contributed by atoms with Crippen molar-refractivity contribution in [1.29, 1.82) is 0 Å². The van der Waals surface area contributed by atoms with E-state index in [0.717, 1.165) is 30.4 Å². The summed E-state index contributed by atoms with van der Waals surface area (Å²) >= 11 is 5.70. The zero-order chi connectivity index (χ0) is 17.1. The predicted molar refractivity (Wildman–Crippen MR) is 104 cm³/mol. The van der Waals surface area contributed by atoms with Crippen LogP contribution in [-0.2, 0) is 0 Å². The number of rotatable bonds is 11. The second-order valence-corrected chi connectivity index (χ2v) is 6.94. The molecule has 0 aliphatic carbocycles. The van der Waals surface area contributed by atoms with Crippen LogP contribution in [0.4, 0.5) is 0 Å². The minimum atomic E-state index is 0.186. The maximum Gasteiger partial charge on any atom is 0.0857 e. The Morgan fingerprint density at radius 1 is 1.17 bits per heavy atom. The highest BCUT2D eigenvalue weighted by molar-refractivity contribution is 7.80. The number of nitrogens with zero attached hydrogens (tertiary/aromatic N) is 2. The average molecular weight is 336 g/mol. The van der Waals surface area contributed by atoms with Gasteiger partial charge in [0.05, 0.1) is 23.3 Å². The molecule has 4 heteroatoms. The number of unbranched alkanes of at least 4 members (excludes halogenated alkanes) is 2. The van der Waals surface area contributed by atoms with Gasteiger partial charge in [0.1, 0.15) is 0 Å². The van der Waals surface area contributed by atoms with Crippen LogP contribution in [0.1, 0.15) is 65.0 Å². The molecule has 0 saturated carbocycles. The van der Waals surface area contributed by atoms with Crippen molar-refractivity contribution in [1.82, 2.24) is 15.2 Å². The van der Waals surface area contributed by atoms with Crippen molar-refractivity contribution in [2.24, 2.45) is 5.92 Å². The lowest BCUT2D eigenvalue weighted by Crippen LogP contribution is -2.41. The molecule has 0 aromatic carbocycles. The largest absolute Gasteiger partial charge is 0.366 e. The van der Waals surface area contributed by atoms with Crippen LogP contribution in [0.2, 0.25) is 0 Å². The first-order chi connectivity index (χ1) is 11.1. The summed E-state index contributed by atoms with van der Waals surface area (Å²) in [4.78, 5) is 7.90. The van der Waals surface area contributed by atoms with Crippen molar-refractivity contribution in [3.63, 3.8) is 0 Å². The molecule has 0 radical (unpaired) electrons. The monoisotopic (exact) mass is 335 g/mol. The normalized spacial score (nSPS) is 12.6. The van der Waals surface area contributed by atoms with Gasteiger partial charge in [0.15, 0.2) is 0 Å². The Labute approximate surface area is 147 Å². The van der Waals surface area contributed by atoms with E-state index in [9.17, 15) is 0 Å². The Hall–Kier alpha value is -1.00. The van der Waals surface area contributed by atoms with Gasteiger partial charge in [0, 0.05) is 6.20 Å². The summed E-state index contributed by atoms with van der Waals surface area (Å²) in [6, 6.07) is 6.06. The molecule has 1 unspecified atom stereocenters. The molecule has 130 valence electrons. The van der Waals surface area contributed by atoms with Gasteiger partial charge in [0.2, 0.25) is 0 Å². The van der Waals surface area contributed by atoms with E-state index in [1.165, 1.54) is 25.7 Å². The van der Waals surface area contributed by atoms with E-state index in [-0.39, 0.29) is 5.92 Å². The lowest BCUT2D eigenvalue weighted by molar-refractivity contribution is 0.259. The number of aromatic nitrogens is 1. The van der Waals surface area contributed by atoms with Gasteiger partial charge in [-0.2, -0.15) is 0 Å². The molecule has 0 aliphatic heterocycles. The van der Waals surface area contributed by atoms with Gasteiger partial charge in [0.25, 0.3) is 0 Å². The van der Waals surface area contributed by atoms with Crippen LogP contribution >= 0.6 is 12.2 Å². The van der Waals surface area contributed by atoms with Gasteiger partial charge in [-0.15, -0.1) is 0 Å². The number of pyridine rings is 1. The van der Waals surface area contributed by atoms with E-state index in [0.29, 0.717) is 5.92 Å². The van der Waals surface area contributed by atoms with Gasteiger partial charge in [-0.1, -0.05) is 58.8 Å². The van der Waals surface area contributed by atoms with E-state index >= 15 is 0 Å². The maximum atomic E-state index is 5.70. The first-order valence-corrected chi connectivity index (χ1v) is 9.41. The smallest absolute Gasteiger partial charge is 0.0857 e. The molecular formula is C19H33N3S. The third-order valence-corrected chi connectivity index (χ3v) is 4.49. The van der Waals surface area contributed by atoms with Crippen LogP contribution in [0.5, 0.6) is 0 Å². The summed E-state index contributed by atoms with van der Waals surface area (Å²) in [6.07, 6.45) is 6.80. The molecule has 23 heavy (non-hydrogen) atoms. The molecule has 1 rings (SSSR count). The molecule has 1 aromatic rings. The van der Waals surface area contributed by atoms with Crippen molar-refractivity contribution < 1.29 is 0 Å². The fourth-order valence-corrected chi connectivity index (χ4v) is 3.13. The second-order valence-electron chi connectivity index (χ2n) is 6.50. The molecule has 0 saturated heterocycles. The summed E-state index contributed by atoms with van der Waals surface area (Å²) < 4.78 is 0. The highest BCUT2D eigenvalue weighted by atomic mass is 32.1. The zero-order valence-corrected chi connectivity index (χ0v) is 16.0. The molecule has 0 fully saturated rings. The molecule has 0 aliphatic rings. The van der Waals surface area contributed by atoms with Crippen molar-refractivity contribution in [2.75, 3.05) is 19.8 Å². The number of thiocarbonyl (C=S) groups is 1. The second kappa shape index (κ2) is 11.5. The lowest BCUT2D eigenvalue weighted by atomic mass is 9.92. The highest BCUT2D eigenvalue weighted by Gasteiger charge is 2.22. The zero-order valence-electron chi connectivity index (χ0n) is 15.2. The third kappa shape index (κ3) is 7.40. The molecule has 1 N–H and O–H groups in total. The first kappa shape index (κ1) is 20.0. The van der Waals surface area contributed by atoms with E-state index in [4.69, 9.17) is 12.2 Å². The Kier molecular flexibility index (Phi) is 10.0. The van der Waals surface area contributed by atoms with Crippen LogP contribution in [0.15, 0.2) is 24.4 Å². The molecule has 1 aromatic heterocycles. The minimum absolute atomic E-state index is 0.186. The summed E-state index contributed by atoms with van der Waals surface area (Å²) in [6.45, 7) is 12.0. The molecule has 0 amide bonds. The molecule has 1 heterocycles. The van der Waals surface area contributed by atoms with Gasteiger partial charge in [-0.3, -0.25) is 9.88 Å². The van der Waals surface area contributed by atoms with Gasteiger partial charge in [-0.05, 0) is 44.0 Å². The lowest BCUT2D eigenvalue weighted by Gasteiger charge is -2.27. The molecule has 1 atom stereocenters. The van der Waals surface area contributed by atoms with Crippen LogP contribution in [0.3, 0.4) is 0 Å². The van der Waals surface area contributed by atoms with Gasteiger partial charge in [-0.25, -0.2) is 0 Å².